The Morgan fingerprint density at radius 2 is 1.65 bits per heavy atom. The van der Waals surface area contributed by atoms with E-state index < -0.39 is 26.7 Å². The first-order valence-corrected chi connectivity index (χ1v) is 11.1. The van der Waals surface area contributed by atoms with E-state index in [1.807, 2.05) is 6.07 Å². The van der Waals surface area contributed by atoms with E-state index in [0.29, 0.717) is 17.3 Å². The summed E-state index contributed by atoms with van der Waals surface area (Å²) in [6.45, 7) is 1.89. The van der Waals surface area contributed by atoms with Crippen LogP contribution in [-0.2, 0) is 16.2 Å². The molecule has 1 aliphatic rings. The maximum Gasteiger partial charge on any atom is 0.416 e. The van der Waals surface area contributed by atoms with Gasteiger partial charge in [-0.15, -0.1) is 10.2 Å². The van der Waals surface area contributed by atoms with Gasteiger partial charge < -0.3 is 4.90 Å². The molecule has 0 bridgehead atoms. The van der Waals surface area contributed by atoms with E-state index >= 15 is 0 Å². The molecule has 10 heteroatoms. The monoisotopic (exact) mass is 448 g/mol. The van der Waals surface area contributed by atoms with Crippen molar-refractivity contribution in [2.24, 2.45) is 0 Å². The van der Waals surface area contributed by atoms with Crippen molar-refractivity contribution < 1.29 is 21.6 Å². The molecule has 162 valence electrons. The number of sulfonamides is 1. The van der Waals surface area contributed by atoms with Crippen molar-refractivity contribution in [1.82, 2.24) is 10.2 Å². The lowest BCUT2D eigenvalue weighted by atomic mass is 10.1. The first kappa shape index (κ1) is 21.1. The molecule has 0 radical (unpaired) electrons. The van der Waals surface area contributed by atoms with Crippen LogP contribution in [0.1, 0.15) is 18.4 Å². The molecule has 2 heterocycles. The van der Waals surface area contributed by atoms with E-state index in [-0.39, 0.29) is 5.69 Å². The third kappa shape index (κ3) is 4.79. The molecule has 1 aliphatic heterocycles. The Labute approximate surface area is 177 Å². The molecule has 0 spiro atoms. The highest BCUT2D eigenvalue weighted by atomic mass is 32.2. The predicted molar refractivity (Wildman–Crippen MR) is 111 cm³/mol. The molecule has 31 heavy (non-hydrogen) atoms. The number of nitrogens with zero attached hydrogens (tertiary/aromatic N) is 3. The minimum absolute atomic E-state index is 0.209. The van der Waals surface area contributed by atoms with Gasteiger partial charge in [0.15, 0.2) is 5.82 Å². The van der Waals surface area contributed by atoms with E-state index in [0.717, 1.165) is 49.9 Å². The van der Waals surface area contributed by atoms with Crippen molar-refractivity contribution in [3.63, 3.8) is 0 Å². The van der Waals surface area contributed by atoms with Gasteiger partial charge in [-0.1, -0.05) is 18.2 Å². The van der Waals surface area contributed by atoms with Crippen LogP contribution in [0.3, 0.4) is 0 Å². The van der Waals surface area contributed by atoms with Gasteiger partial charge in [-0.25, -0.2) is 8.42 Å². The number of nitrogens with one attached hydrogen (secondary N) is 1. The summed E-state index contributed by atoms with van der Waals surface area (Å²) >= 11 is 0. The van der Waals surface area contributed by atoms with E-state index in [4.69, 9.17) is 0 Å². The molecule has 1 fully saturated rings. The molecular weight excluding hydrogens is 429 g/mol. The van der Waals surface area contributed by atoms with Crippen LogP contribution < -0.4 is 9.62 Å². The van der Waals surface area contributed by atoms with Crippen LogP contribution in [0.15, 0.2) is 65.6 Å². The number of anilines is 2. The fraction of sp³-hybridized carbons (Fsp3) is 0.238. The van der Waals surface area contributed by atoms with E-state index in [1.54, 1.807) is 24.3 Å². The van der Waals surface area contributed by atoms with Crippen molar-refractivity contribution in [2.45, 2.75) is 23.9 Å². The summed E-state index contributed by atoms with van der Waals surface area (Å²) < 4.78 is 66.3. The van der Waals surface area contributed by atoms with Crippen molar-refractivity contribution in [2.75, 3.05) is 22.7 Å². The number of alkyl halides is 3. The Bertz CT molecular complexity index is 1180. The molecule has 1 aromatic heterocycles. The number of hydrogen-bond acceptors (Lipinski definition) is 5. The van der Waals surface area contributed by atoms with Crippen molar-refractivity contribution in [1.29, 1.82) is 0 Å². The van der Waals surface area contributed by atoms with Crippen LogP contribution in [0.25, 0.3) is 11.3 Å². The second-order valence-electron chi connectivity index (χ2n) is 7.18. The highest BCUT2D eigenvalue weighted by Crippen LogP contribution is 2.31. The number of hydrogen-bond donors (Lipinski definition) is 1. The molecule has 1 saturated heterocycles. The number of benzene rings is 2. The third-order valence-corrected chi connectivity index (χ3v) is 6.34. The SMILES string of the molecule is O=S(=O)(Nc1cccc(-c2ccc(N3CCCC3)nn2)c1)c1cccc(C(F)(F)F)c1. The summed E-state index contributed by atoms with van der Waals surface area (Å²) in [6.07, 6.45) is -2.39. The van der Waals surface area contributed by atoms with Gasteiger partial charge in [0.25, 0.3) is 10.0 Å². The molecule has 0 unspecified atom stereocenters. The van der Waals surface area contributed by atoms with Crippen molar-refractivity contribution in [3.05, 3.63) is 66.2 Å². The zero-order chi connectivity index (χ0) is 22.1. The van der Waals surface area contributed by atoms with Gasteiger partial charge in [0, 0.05) is 24.3 Å². The Kier molecular flexibility index (Phi) is 5.57. The molecular formula is C21H19F3N4O2S. The van der Waals surface area contributed by atoms with Gasteiger partial charge in [0.05, 0.1) is 16.2 Å². The molecule has 3 aromatic rings. The third-order valence-electron chi connectivity index (χ3n) is 4.96. The molecule has 0 amide bonds. The number of halogens is 3. The lowest BCUT2D eigenvalue weighted by Gasteiger charge is -2.15. The molecule has 0 atom stereocenters. The maximum atomic E-state index is 12.9. The van der Waals surface area contributed by atoms with E-state index in [9.17, 15) is 21.6 Å². The summed E-state index contributed by atoms with van der Waals surface area (Å²) in [4.78, 5) is 1.68. The zero-order valence-corrected chi connectivity index (χ0v) is 17.1. The van der Waals surface area contributed by atoms with Crippen LogP contribution in [0.4, 0.5) is 24.7 Å². The van der Waals surface area contributed by atoms with Crippen molar-refractivity contribution in [3.8, 4) is 11.3 Å². The molecule has 6 nitrogen and oxygen atoms in total. The summed E-state index contributed by atoms with van der Waals surface area (Å²) in [6, 6.07) is 13.7. The maximum absolute atomic E-state index is 12.9. The Morgan fingerprint density at radius 1 is 0.903 bits per heavy atom. The van der Waals surface area contributed by atoms with Crippen LogP contribution in [-0.4, -0.2) is 31.7 Å². The minimum Gasteiger partial charge on any atom is -0.355 e. The topological polar surface area (TPSA) is 75.2 Å². The highest BCUT2D eigenvalue weighted by Gasteiger charge is 2.31. The Balaban J connectivity index is 1.56. The first-order chi connectivity index (χ1) is 14.7. The summed E-state index contributed by atoms with van der Waals surface area (Å²) in [5.41, 5.74) is 0.366. The average molecular weight is 448 g/mol. The Hall–Kier alpha value is -3.14. The second-order valence-corrected chi connectivity index (χ2v) is 8.87. The standard InChI is InChI=1S/C21H19F3N4O2S/c22-21(23,24)16-6-4-8-18(14-16)31(29,30)27-17-7-3-5-15(13-17)19-9-10-20(26-25-19)28-11-1-2-12-28/h3-10,13-14,27H,1-2,11-12H2. The second kappa shape index (κ2) is 8.18. The summed E-state index contributed by atoms with van der Waals surface area (Å²) in [5.74, 6) is 0.794. The Morgan fingerprint density at radius 3 is 2.32 bits per heavy atom. The lowest BCUT2D eigenvalue weighted by Crippen LogP contribution is -2.19. The smallest absolute Gasteiger partial charge is 0.355 e. The van der Waals surface area contributed by atoms with Crippen LogP contribution in [0.5, 0.6) is 0 Å². The molecule has 2 aromatic carbocycles. The summed E-state index contributed by atoms with van der Waals surface area (Å²) in [7, 11) is -4.21. The summed E-state index contributed by atoms with van der Waals surface area (Å²) in [5, 5.41) is 8.49. The predicted octanol–water partition coefficient (Wildman–Crippen LogP) is 4.56. The van der Waals surface area contributed by atoms with E-state index in [2.05, 4.69) is 19.8 Å². The highest BCUT2D eigenvalue weighted by molar-refractivity contribution is 7.92. The number of rotatable bonds is 5. The van der Waals surface area contributed by atoms with Gasteiger partial charge in [-0.2, -0.15) is 13.2 Å². The molecule has 0 aliphatic carbocycles. The van der Waals surface area contributed by atoms with Gasteiger partial charge in [-0.3, -0.25) is 4.72 Å². The molecule has 0 saturated carbocycles. The van der Waals surface area contributed by atoms with Crippen LogP contribution in [0, 0.1) is 0 Å². The van der Waals surface area contributed by atoms with Crippen LogP contribution >= 0.6 is 0 Å². The van der Waals surface area contributed by atoms with Gasteiger partial charge in [0.2, 0.25) is 0 Å². The average Bonchev–Trinajstić information content (AvgIpc) is 3.28. The van der Waals surface area contributed by atoms with Crippen molar-refractivity contribution >= 4 is 21.5 Å². The fourth-order valence-electron chi connectivity index (χ4n) is 3.39. The molecule has 4 rings (SSSR count). The first-order valence-electron chi connectivity index (χ1n) is 9.62. The van der Waals surface area contributed by atoms with Gasteiger partial charge in [-0.05, 0) is 55.3 Å². The van der Waals surface area contributed by atoms with Gasteiger partial charge in [0.1, 0.15) is 0 Å². The van der Waals surface area contributed by atoms with Crippen LogP contribution in [0.2, 0.25) is 0 Å². The fourth-order valence-corrected chi connectivity index (χ4v) is 4.48. The quantitative estimate of drug-likeness (QED) is 0.619. The lowest BCUT2D eigenvalue weighted by molar-refractivity contribution is -0.137. The normalized spacial score (nSPS) is 14.6. The minimum atomic E-state index is -4.63. The van der Waals surface area contributed by atoms with Gasteiger partial charge >= 0.3 is 6.18 Å². The molecule has 1 N–H and O–H groups in total. The number of aromatic nitrogens is 2. The van der Waals surface area contributed by atoms with E-state index in [1.165, 1.54) is 6.07 Å². The largest absolute Gasteiger partial charge is 0.416 e. The zero-order valence-electron chi connectivity index (χ0n) is 16.3.